The van der Waals surface area contributed by atoms with Crippen LogP contribution in [0.15, 0.2) is 18.3 Å². The van der Waals surface area contributed by atoms with E-state index in [0.717, 1.165) is 4.70 Å². The largest absolute Gasteiger partial charge is 0.396 e. The van der Waals surface area contributed by atoms with Crippen LogP contribution in [-0.4, -0.2) is 33.7 Å². The highest BCUT2D eigenvalue weighted by Crippen LogP contribution is 2.31. The van der Waals surface area contributed by atoms with Crippen LogP contribution in [-0.2, 0) is 10.8 Å². The highest BCUT2D eigenvalue weighted by molar-refractivity contribution is 7.84. The molecule has 2 aromatic heterocycles. The number of nitrogens with one attached hydrogen (secondary N) is 1. The van der Waals surface area contributed by atoms with Gasteiger partial charge in [0.05, 0.1) is 10.4 Å². The first-order valence-corrected chi connectivity index (χ1v) is 8.35. The van der Waals surface area contributed by atoms with Crippen LogP contribution in [0.5, 0.6) is 0 Å². The Kier molecular flexibility index (Phi) is 4.49. The average molecular weight is 297 g/mol. The van der Waals surface area contributed by atoms with Crippen molar-refractivity contribution in [3.8, 4) is 0 Å². The Morgan fingerprint density at radius 2 is 2.37 bits per heavy atom. The summed E-state index contributed by atoms with van der Waals surface area (Å²) < 4.78 is 11.8. The third-order valence-corrected chi connectivity index (χ3v) is 4.61. The summed E-state index contributed by atoms with van der Waals surface area (Å²) in [7, 11) is -0.825. The van der Waals surface area contributed by atoms with Crippen LogP contribution in [0, 0.1) is 0 Å². The van der Waals surface area contributed by atoms with Gasteiger partial charge in [0, 0.05) is 35.5 Å². The number of pyridine rings is 1. The molecule has 0 radical (unpaired) electrons. The van der Waals surface area contributed by atoms with Crippen LogP contribution >= 0.6 is 11.3 Å². The number of carbonyl (C=O) groups excluding carboxylic acids is 1. The van der Waals surface area contributed by atoms with Gasteiger partial charge < -0.3 is 11.1 Å². The van der Waals surface area contributed by atoms with E-state index in [0.29, 0.717) is 34.8 Å². The Labute approximate surface area is 117 Å². The number of aromatic nitrogens is 1. The maximum absolute atomic E-state index is 12.0. The molecule has 102 valence electrons. The molecule has 1 unspecified atom stereocenters. The highest BCUT2D eigenvalue weighted by atomic mass is 32.2. The fourth-order valence-electron chi connectivity index (χ4n) is 1.67. The number of rotatable bonds is 5. The van der Waals surface area contributed by atoms with Crippen LogP contribution in [0.1, 0.15) is 16.1 Å². The zero-order valence-electron chi connectivity index (χ0n) is 10.5. The van der Waals surface area contributed by atoms with Gasteiger partial charge >= 0.3 is 0 Å². The van der Waals surface area contributed by atoms with Crippen LogP contribution in [0.2, 0.25) is 0 Å². The van der Waals surface area contributed by atoms with Crippen molar-refractivity contribution < 1.29 is 9.00 Å². The lowest BCUT2D eigenvalue weighted by Crippen LogP contribution is -2.25. The average Bonchev–Trinajstić information content (AvgIpc) is 2.72. The molecule has 0 fully saturated rings. The van der Waals surface area contributed by atoms with Gasteiger partial charge in [-0.3, -0.25) is 14.0 Å². The highest BCUT2D eigenvalue weighted by Gasteiger charge is 2.16. The molecule has 3 N–H and O–H groups in total. The van der Waals surface area contributed by atoms with Crippen molar-refractivity contribution in [2.45, 2.75) is 6.42 Å². The van der Waals surface area contributed by atoms with Crippen molar-refractivity contribution in [2.75, 3.05) is 24.3 Å². The molecular weight excluding hydrogens is 282 g/mol. The van der Waals surface area contributed by atoms with Crippen LogP contribution in [0.25, 0.3) is 10.2 Å². The van der Waals surface area contributed by atoms with Gasteiger partial charge in [-0.1, -0.05) is 0 Å². The Hall–Kier alpha value is -1.47. The minimum atomic E-state index is -0.825. The van der Waals surface area contributed by atoms with Gasteiger partial charge in [-0.05, 0) is 18.6 Å². The van der Waals surface area contributed by atoms with Crippen LogP contribution in [0.4, 0.5) is 5.69 Å². The molecule has 0 aromatic carbocycles. The fourth-order valence-corrected chi connectivity index (χ4v) is 3.22. The lowest BCUT2D eigenvalue weighted by Gasteiger charge is -2.03. The second-order valence-corrected chi connectivity index (χ2v) is 6.69. The molecule has 5 nitrogen and oxygen atoms in total. The molecule has 2 heterocycles. The molecule has 0 saturated carbocycles. The third kappa shape index (κ3) is 3.30. The van der Waals surface area contributed by atoms with Crippen molar-refractivity contribution in [1.82, 2.24) is 10.3 Å². The van der Waals surface area contributed by atoms with Crippen molar-refractivity contribution in [3.05, 3.63) is 23.2 Å². The minimum absolute atomic E-state index is 0.192. The molecule has 19 heavy (non-hydrogen) atoms. The van der Waals surface area contributed by atoms with Crippen molar-refractivity contribution in [1.29, 1.82) is 0 Å². The molecule has 1 atom stereocenters. The summed E-state index contributed by atoms with van der Waals surface area (Å²) in [5.41, 5.74) is 7.03. The number of nitrogens with two attached hydrogens (primary N) is 1. The normalized spacial score (nSPS) is 12.5. The lowest BCUT2D eigenvalue weighted by atomic mass is 10.3. The van der Waals surface area contributed by atoms with E-state index >= 15 is 0 Å². The van der Waals surface area contributed by atoms with Crippen molar-refractivity contribution in [3.63, 3.8) is 0 Å². The Morgan fingerprint density at radius 3 is 3.05 bits per heavy atom. The van der Waals surface area contributed by atoms with Gasteiger partial charge in [-0.25, -0.2) is 0 Å². The Balaban J connectivity index is 2.05. The molecular formula is C12H15N3O2S2. The number of anilines is 1. The number of hydrogen-bond acceptors (Lipinski definition) is 5. The Morgan fingerprint density at radius 1 is 1.58 bits per heavy atom. The number of carbonyl (C=O) groups is 1. The maximum Gasteiger partial charge on any atom is 0.263 e. The molecule has 0 spiro atoms. The predicted molar refractivity (Wildman–Crippen MR) is 79.9 cm³/mol. The fraction of sp³-hybridized carbons (Fsp3) is 0.333. The van der Waals surface area contributed by atoms with Gasteiger partial charge in [0.1, 0.15) is 10.4 Å². The molecule has 0 aliphatic rings. The van der Waals surface area contributed by atoms with E-state index < -0.39 is 10.8 Å². The molecule has 7 heteroatoms. The summed E-state index contributed by atoms with van der Waals surface area (Å²) in [6, 6.07) is 3.71. The van der Waals surface area contributed by atoms with Crippen LogP contribution < -0.4 is 11.1 Å². The van der Waals surface area contributed by atoms with E-state index in [-0.39, 0.29) is 5.91 Å². The van der Waals surface area contributed by atoms with E-state index in [1.54, 1.807) is 12.5 Å². The van der Waals surface area contributed by atoms with Gasteiger partial charge in [0.15, 0.2) is 0 Å². The molecule has 2 aromatic rings. The van der Waals surface area contributed by atoms with Crippen molar-refractivity contribution in [2.24, 2.45) is 0 Å². The SMILES string of the molecule is CS(=O)CCCNC(=O)c1sc2cccnc2c1N. The summed E-state index contributed by atoms with van der Waals surface area (Å²) in [5.74, 6) is 0.395. The first kappa shape index (κ1) is 14.0. The smallest absolute Gasteiger partial charge is 0.263 e. The van der Waals surface area contributed by atoms with E-state index in [2.05, 4.69) is 10.3 Å². The maximum atomic E-state index is 12.0. The molecule has 0 aliphatic heterocycles. The summed E-state index contributed by atoms with van der Waals surface area (Å²) in [6.07, 6.45) is 4.00. The van der Waals surface area contributed by atoms with E-state index in [9.17, 15) is 9.00 Å². The third-order valence-electron chi connectivity index (χ3n) is 2.58. The first-order chi connectivity index (χ1) is 9.09. The zero-order valence-corrected chi connectivity index (χ0v) is 12.1. The number of hydrogen-bond donors (Lipinski definition) is 2. The number of nitrogen functional groups attached to an aromatic ring is 1. The predicted octanol–water partition coefficient (Wildman–Crippen LogP) is 1.38. The van der Waals surface area contributed by atoms with E-state index in [1.807, 2.05) is 12.1 Å². The summed E-state index contributed by atoms with van der Waals surface area (Å²) in [4.78, 5) is 16.7. The van der Waals surface area contributed by atoms with Crippen molar-refractivity contribution >= 4 is 43.9 Å². The van der Waals surface area contributed by atoms with Gasteiger partial charge in [-0.15, -0.1) is 11.3 Å². The summed E-state index contributed by atoms with van der Waals surface area (Å²) in [5, 5.41) is 2.79. The summed E-state index contributed by atoms with van der Waals surface area (Å²) in [6.45, 7) is 0.500. The molecule has 0 aliphatic carbocycles. The molecule has 0 saturated heterocycles. The zero-order chi connectivity index (χ0) is 13.8. The Bertz CT molecular complexity index is 624. The standard InChI is InChI=1S/C12H15N3O2S2/c1-19(17)7-3-6-15-12(16)11-9(13)10-8(18-11)4-2-5-14-10/h2,4-5H,3,6-7,13H2,1H3,(H,15,16). The number of thiophene rings is 1. The van der Waals surface area contributed by atoms with Gasteiger partial charge in [0.2, 0.25) is 0 Å². The topological polar surface area (TPSA) is 85.1 Å². The van der Waals surface area contributed by atoms with Crippen LogP contribution in [0.3, 0.4) is 0 Å². The van der Waals surface area contributed by atoms with E-state index in [4.69, 9.17) is 5.73 Å². The number of nitrogens with zero attached hydrogens (tertiary/aromatic N) is 1. The van der Waals surface area contributed by atoms with E-state index in [1.165, 1.54) is 11.3 Å². The molecule has 2 rings (SSSR count). The number of amides is 1. The monoisotopic (exact) mass is 297 g/mol. The second kappa shape index (κ2) is 6.12. The van der Waals surface area contributed by atoms with Gasteiger partial charge in [-0.2, -0.15) is 0 Å². The molecule has 0 bridgehead atoms. The first-order valence-electron chi connectivity index (χ1n) is 5.81. The second-order valence-electron chi connectivity index (χ2n) is 4.08. The number of fused-ring (bicyclic) bond motifs is 1. The quantitative estimate of drug-likeness (QED) is 0.816. The minimum Gasteiger partial charge on any atom is -0.396 e. The summed E-state index contributed by atoms with van der Waals surface area (Å²) >= 11 is 1.34. The molecule has 1 amide bonds. The lowest BCUT2D eigenvalue weighted by molar-refractivity contribution is 0.0958. The van der Waals surface area contributed by atoms with Gasteiger partial charge in [0.25, 0.3) is 5.91 Å².